The van der Waals surface area contributed by atoms with E-state index in [4.69, 9.17) is 4.52 Å². The lowest BCUT2D eigenvalue weighted by Gasteiger charge is -2.32. The first kappa shape index (κ1) is 16.9. The van der Waals surface area contributed by atoms with Crippen LogP contribution in [0.4, 0.5) is 0 Å². The molecule has 0 saturated heterocycles. The Labute approximate surface area is 131 Å². The second kappa shape index (κ2) is 6.35. The summed E-state index contributed by atoms with van der Waals surface area (Å²) in [5.74, 6) is 0. The number of hydrogen-bond donors (Lipinski definition) is 2. The van der Waals surface area contributed by atoms with Crippen molar-refractivity contribution in [3.05, 3.63) is 70.8 Å². The Morgan fingerprint density at radius 2 is 1.55 bits per heavy atom. The van der Waals surface area contributed by atoms with Crippen LogP contribution in [0.25, 0.3) is 0 Å². The molecular formula is C17H21O4P. The van der Waals surface area contributed by atoms with Crippen molar-refractivity contribution < 1.29 is 18.9 Å². The van der Waals surface area contributed by atoms with Gasteiger partial charge < -0.3 is 9.79 Å². The van der Waals surface area contributed by atoms with Gasteiger partial charge in [0.25, 0.3) is 0 Å². The zero-order valence-corrected chi connectivity index (χ0v) is 13.9. The number of hydrogen-bond acceptors (Lipinski definition) is 2. The van der Waals surface area contributed by atoms with Crippen LogP contribution in [-0.4, -0.2) is 9.79 Å². The topological polar surface area (TPSA) is 66.8 Å². The Morgan fingerprint density at radius 1 is 1.00 bits per heavy atom. The maximum absolute atomic E-state index is 11.5. The van der Waals surface area contributed by atoms with Gasteiger partial charge in [0.15, 0.2) is 0 Å². The van der Waals surface area contributed by atoms with E-state index in [1.165, 1.54) is 0 Å². The largest absolute Gasteiger partial charge is 0.470 e. The summed E-state index contributed by atoms with van der Waals surface area (Å²) < 4.78 is 16.7. The maximum Gasteiger partial charge on any atom is 0.470 e. The van der Waals surface area contributed by atoms with Crippen LogP contribution in [0.1, 0.15) is 29.2 Å². The molecule has 0 aliphatic carbocycles. The lowest BCUT2D eigenvalue weighted by Crippen LogP contribution is -2.29. The molecule has 2 aromatic carbocycles. The van der Waals surface area contributed by atoms with Crippen LogP contribution in [0.5, 0.6) is 0 Å². The van der Waals surface area contributed by atoms with Crippen LogP contribution >= 0.6 is 7.82 Å². The zero-order chi connectivity index (χ0) is 16.4. The van der Waals surface area contributed by atoms with E-state index in [1.54, 1.807) is 6.92 Å². The summed E-state index contributed by atoms with van der Waals surface area (Å²) in [4.78, 5) is 18.7. The molecule has 0 bridgehead atoms. The van der Waals surface area contributed by atoms with Gasteiger partial charge in [0.2, 0.25) is 0 Å². The highest BCUT2D eigenvalue weighted by molar-refractivity contribution is 7.46. The van der Waals surface area contributed by atoms with Crippen molar-refractivity contribution in [3.8, 4) is 0 Å². The molecule has 2 aromatic rings. The van der Waals surface area contributed by atoms with Crippen molar-refractivity contribution >= 4 is 7.82 Å². The van der Waals surface area contributed by atoms with E-state index >= 15 is 0 Å². The number of phosphoric ester groups is 1. The van der Waals surface area contributed by atoms with Gasteiger partial charge in [0, 0.05) is 6.42 Å². The fraction of sp³-hybridized carbons (Fsp3) is 0.294. The van der Waals surface area contributed by atoms with Crippen LogP contribution in [0.2, 0.25) is 0 Å². The molecule has 0 heterocycles. The SMILES string of the molecule is Cc1ccccc1CC(C)(OP(=O)(O)O)c1ccccc1C. The lowest BCUT2D eigenvalue weighted by atomic mass is 9.85. The van der Waals surface area contributed by atoms with Crippen molar-refractivity contribution in [2.45, 2.75) is 32.8 Å². The molecule has 1 atom stereocenters. The number of phosphoric acid groups is 1. The van der Waals surface area contributed by atoms with Crippen LogP contribution in [-0.2, 0) is 21.1 Å². The van der Waals surface area contributed by atoms with Gasteiger partial charge in [0.1, 0.15) is 5.60 Å². The molecule has 4 nitrogen and oxygen atoms in total. The number of aryl methyl sites for hydroxylation is 2. The van der Waals surface area contributed by atoms with E-state index < -0.39 is 13.4 Å². The number of benzene rings is 2. The summed E-state index contributed by atoms with van der Waals surface area (Å²) in [6.07, 6.45) is 0.385. The minimum Gasteiger partial charge on any atom is -0.303 e. The summed E-state index contributed by atoms with van der Waals surface area (Å²) in [5, 5.41) is 0. The van der Waals surface area contributed by atoms with Crippen molar-refractivity contribution in [1.29, 1.82) is 0 Å². The summed E-state index contributed by atoms with van der Waals surface area (Å²) in [7, 11) is -4.62. The first-order chi connectivity index (χ1) is 10.2. The third-order valence-electron chi connectivity index (χ3n) is 3.82. The molecule has 0 aromatic heterocycles. The average molecular weight is 320 g/mol. The van der Waals surface area contributed by atoms with Gasteiger partial charge in [0.05, 0.1) is 0 Å². The average Bonchev–Trinajstić information content (AvgIpc) is 2.40. The Hall–Kier alpha value is -1.45. The summed E-state index contributed by atoms with van der Waals surface area (Å²) in [6.45, 7) is 5.61. The lowest BCUT2D eigenvalue weighted by molar-refractivity contribution is 0.0463. The molecule has 0 spiro atoms. The normalized spacial score (nSPS) is 14.6. The van der Waals surface area contributed by atoms with E-state index in [2.05, 4.69) is 0 Å². The second-order valence-corrected chi connectivity index (χ2v) is 6.89. The first-order valence-electron chi connectivity index (χ1n) is 7.08. The molecule has 0 aliphatic heterocycles. The zero-order valence-electron chi connectivity index (χ0n) is 13.0. The minimum absolute atomic E-state index is 0.385. The third-order valence-corrected chi connectivity index (χ3v) is 4.47. The molecular weight excluding hydrogens is 299 g/mol. The third kappa shape index (κ3) is 4.05. The standard InChI is InChI=1S/C17H21O4P/c1-13-8-4-6-10-15(13)12-17(3,21-22(18,19)20)16-11-7-5-9-14(16)2/h4-11H,12H2,1-3H3,(H2,18,19,20). The Bertz CT molecular complexity index is 707. The van der Waals surface area contributed by atoms with E-state index in [0.717, 1.165) is 22.3 Å². The van der Waals surface area contributed by atoms with E-state index in [0.29, 0.717) is 6.42 Å². The molecule has 22 heavy (non-hydrogen) atoms. The van der Waals surface area contributed by atoms with Crippen LogP contribution in [0.15, 0.2) is 48.5 Å². The van der Waals surface area contributed by atoms with Crippen LogP contribution < -0.4 is 0 Å². The molecule has 1 unspecified atom stereocenters. The monoisotopic (exact) mass is 320 g/mol. The quantitative estimate of drug-likeness (QED) is 0.821. The van der Waals surface area contributed by atoms with Crippen LogP contribution in [0, 0.1) is 13.8 Å². The second-order valence-electron chi connectivity index (χ2n) is 5.73. The Balaban J connectivity index is 2.49. The van der Waals surface area contributed by atoms with Crippen molar-refractivity contribution in [3.63, 3.8) is 0 Å². The summed E-state index contributed by atoms with van der Waals surface area (Å²) in [5.41, 5.74) is 2.68. The fourth-order valence-electron chi connectivity index (χ4n) is 2.78. The van der Waals surface area contributed by atoms with Gasteiger partial charge in [-0.3, -0.25) is 4.52 Å². The van der Waals surface area contributed by atoms with Crippen molar-refractivity contribution in [2.24, 2.45) is 0 Å². The molecule has 5 heteroatoms. The van der Waals surface area contributed by atoms with Gasteiger partial charge >= 0.3 is 7.82 Å². The minimum atomic E-state index is -4.62. The summed E-state index contributed by atoms with van der Waals surface area (Å²) in [6, 6.07) is 15.3. The molecule has 0 saturated carbocycles. The highest BCUT2D eigenvalue weighted by Gasteiger charge is 2.36. The van der Waals surface area contributed by atoms with Gasteiger partial charge in [-0.1, -0.05) is 48.5 Å². The van der Waals surface area contributed by atoms with E-state index in [-0.39, 0.29) is 0 Å². The fourth-order valence-corrected chi connectivity index (χ4v) is 3.47. The van der Waals surface area contributed by atoms with Crippen LogP contribution in [0.3, 0.4) is 0 Å². The Kier molecular flexibility index (Phi) is 4.88. The van der Waals surface area contributed by atoms with E-state index in [9.17, 15) is 14.4 Å². The highest BCUT2D eigenvalue weighted by atomic mass is 31.2. The van der Waals surface area contributed by atoms with Gasteiger partial charge in [-0.2, -0.15) is 0 Å². The first-order valence-corrected chi connectivity index (χ1v) is 8.61. The molecule has 2 rings (SSSR count). The molecule has 0 fully saturated rings. The molecule has 118 valence electrons. The smallest absolute Gasteiger partial charge is 0.303 e. The van der Waals surface area contributed by atoms with Gasteiger partial charge in [-0.25, -0.2) is 4.57 Å². The Morgan fingerprint density at radius 3 is 2.09 bits per heavy atom. The van der Waals surface area contributed by atoms with Gasteiger partial charge in [-0.15, -0.1) is 0 Å². The highest BCUT2D eigenvalue weighted by Crippen LogP contribution is 2.47. The predicted octanol–water partition coefficient (Wildman–Crippen LogP) is 3.87. The molecule has 0 amide bonds. The predicted molar refractivity (Wildman–Crippen MR) is 86.5 cm³/mol. The van der Waals surface area contributed by atoms with Crippen molar-refractivity contribution in [1.82, 2.24) is 0 Å². The summed E-state index contributed by atoms with van der Waals surface area (Å²) >= 11 is 0. The van der Waals surface area contributed by atoms with E-state index in [1.807, 2.05) is 62.4 Å². The number of rotatable bonds is 5. The molecule has 2 N–H and O–H groups in total. The molecule has 0 radical (unpaired) electrons. The van der Waals surface area contributed by atoms with Gasteiger partial charge in [-0.05, 0) is 43.0 Å². The van der Waals surface area contributed by atoms with Crippen molar-refractivity contribution in [2.75, 3.05) is 0 Å². The maximum atomic E-state index is 11.5. The molecule has 0 aliphatic rings.